The van der Waals surface area contributed by atoms with Gasteiger partial charge in [0.25, 0.3) is 0 Å². The highest BCUT2D eigenvalue weighted by Gasteiger charge is 2.45. The van der Waals surface area contributed by atoms with Crippen molar-refractivity contribution in [3.63, 3.8) is 0 Å². The van der Waals surface area contributed by atoms with Gasteiger partial charge < -0.3 is 5.32 Å². The summed E-state index contributed by atoms with van der Waals surface area (Å²) in [6.07, 6.45) is 10.5. The second kappa shape index (κ2) is 6.80. The molecular formula is C19H26FNO. The second-order valence-corrected chi connectivity index (χ2v) is 6.99. The third-order valence-electron chi connectivity index (χ3n) is 5.57. The quantitative estimate of drug-likeness (QED) is 0.778. The summed E-state index contributed by atoms with van der Waals surface area (Å²) >= 11 is 0. The van der Waals surface area contributed by atoms with E-state index in [0.717, 1.165) is 43.7 Å². The van der Waals surface area contributed by atoms with Crippen LogP contribution in [0.3, 0.4) is 0 Å². The fourth-order valence-electron chi connectivity index (χ4n) is 4.02. The van der Waals surface area contributed by atoms with Crippen molar-refractivity contribution in [1.29, 1.82) is 0 Å². The summed E-state index contributed by atoms with van der Waals surface area (Å²) in [5.74, 6) is 0.714. The van der Waals surface area contributed by atoms with Gasteiger partial charge in [0.1, 0.15) is 5.82 Å². The fraction of sp³-hybridized carbons (Fsp3) is 0.632. The first-order valence-electron chi connectivity index (χ1n) is 8.75. The highest BCUT2D eigenvalue weighted by Crippen LogP contribution is 2.44. The van der Waals surface area contributed by atoms with Crippen LogP contribution in [0.15, 0.2) is 24.3 Å². The molecule has 1 N–H and O–H groups in total. The van der Waals surface area contributed by atoms with Crippen LogP contribution in [0.25, 0.3) is 0 Å². The van der Waals surface area contributed by atoms with Crippen LogP contribution in [0.5, 0.6) is 0 Å². The van der Waals surface area contributed by atoms with Crippen molar-refractivity contribution in [3.05, 3.63) is 35.6 Å². The molecule has 0 radical (unpaired) electrons. The average molecular weight is 303 g/mol. The van der Waals surface area contributed by atoms with Gasteiger partial charge in [-0.1, -0.05) is 44.2 Å². The van der Waals surface area contributed by atoms with E-state index in [4.69, 9.17) is 0 Å². The molecule has 1 aromatic rings. The van der Waals surface area contributed by atoms with Crippen LogP contribution in [0.1, 0.15) is 63.4 Å². The molecule has 0 atom stereocenters. The smallest absolute Gasteiger partial charge is 0.230 e. The van der Waals surface area contributed by atoms with Crippen LogP contribution in [0.4, 0.5) is 4.39 Å². The molecule has 2 fully saturated rings. The highest BCUT2D eigenvalue weighted by atomic mass is 19.1. The van der Waals surface area contributed by atoms with Crippen molar-refractivity contribution < 1.29 is 9.18 Å². The Kier molecular flexibility index (Phi) is 4.80. The molecule has 1 aromatic carbocycles. The molecule has 2 aliphatic carbocycles. The largest absolute Gasteiger partial charge is 0.355 e. The maximum atomic E-state index is 13.5. The van der Waals surface area contributed by atoms with Crippen molar-refractivity contribution in [3.8, 4) is 0 Å². The van der Waals surface area contributed by atoms with Gasteiger partial charge in [0.05, 0.1) is 5.41 Å². The summed E-state index contributed by atoms with van der Waals surface area (Å²) < 4.78 is 13.5. The summed E-state index contributed by atoms with van der Waals surface area (Å²) in [5.41, 5.74) is 0.363. The van der Waals surface area contributed by atoms with Crippen LogP contribution in [-0.4, -0.2) is 12.5 Å². The summed E-state index contributed by atoms with van der Waals surface area (Å²) in [5, 5.41) is 3.11. The number of hydrogen-bond acceptors (Lipinski definition) is 1. The summed E-state index contributed by atoms with van der Waals surface area (Å²) in [6, 6.07) is 6.56. The zero-order valence-electron chi connectivity index (χ0n) is 13.2. The number of hydrogen-bond donors (Lipinski definition) is 1. The van der Waals surface area contributed by atoms with E-state index in [9.17, 15) is 9.18 Å². The minimum Gasteiger partial charge on any atom is -0.355 e. The SMILES string of the molecule is O=C(NCCCC1CCCC1)C1(c2cccc(F)c2)CCC1. The molecule has 3 heteroatoms. The van der Waals surface area contributed by atoms with Crippen molar-refractivity contribution >= 4 is 5.91 Å². The topological polar surface area (TPSA) is 29.1 Å². The lowest BCUT2D eigenvalue weighted by molar-refractivity contribution is -0.129. The normalized spacial score (nSPS) is 20.6. The van der Waals surface area contributed by atoms with E-state index in [2.05, 4.69) is 5.32 Å². The first-order valence-corrected chi connectivity index (χ1v) is 8.75. The Morgan fingerprint density at radius 1 is 1.23 bits per heavy atom. The lowest BCUT2D eigenvalue weighted by atomic mass is 9.64. The summed E-state index contributed by atoms with van der Waals surface area (Å²) in [4.78, 5) is 12.6. The molecule has 3 rings (SSSR count). The van der Waals surface area contributed by atoms with E-state index in [1.54, 1.807) is 6.07 Å². The van der Waals surface area contributed by atoms with Crippen LogP contribution >= 0.6 is 0 Å². The number of nitrogens with one attached hydrogen (secondary N) is 1. The van der Waals surface area contributed by atoms with E-state index in [0.29, 0.717) is 0 Å². The van der Waals surface area contributed by atoms with E-state index in [1.165, 1.54) is 44.2 Å². The Morgan fingerprint density at radius 2 is 2.00 bits per heavy atom. The van der Waals surface area contributed by atoms with Gasteiger partial charge in [-0.3, -0.25) is 4.79 Å². The Bertz CT molecular complexity index is 518. The fourth-order valence-corrected chi connectivity index (χ4v) is 4.02. The van der Waals surface area contributed by atoms with Crippen LogP contribution in [0.2, 0.25) is 0 Å². The summed E-state index contributed by atoms with van der Waals surface area (Å²) in [7, 11) is 0. The van der Waals surface area contributed by atoms with Crippen LogP contribution < -0.4 is 5.32 Å². The Morgan fingerprint density at radius 3 is 2.64 bits per heavy atom. The van der Waals surface area contributed by atoms with Gasteiger partial charge in [0.2, 0.25) is 5.91 Å². The average Bonchev–Trinajstić information content (AvgIpc) is 2.96. The van der Waals surface area contributed by atoms with E-state index >= 15 is 0 Å². The van der Waals surface area contributed by atoms with E-state index in [1.807, 2.05) is 6.07 Å². The summed E-state index contributed by atoms with van der Waals surface area (Å²) in [6.45, 7) is 0.756. The Hall–Kier alpha value is -1.38. The zero-order chi connectivity index (χ0) is 15.4. The number of rotatable bonds is 6. The van der Waals surface area contributed by atoms with Gasteiger partial charge in [0, 0.05) is 6.54 Å². The van der Waals surface area contributed by atoms with Gasteiger partial charge in [-0.2, -0.15) is 0 Å². The molecule has 0 bridgehead atoms. The highest BCUT2D eigenvalue weighted by molar-refractivity contribution is 5.89. The Balaban J connectivity index is 1.53. The monoisotopic (exact) mass is 303 g/mol. The molecular weight excluding hydrogens is 277 g/mol. The minimum absolute atomic E-state index is 0.0933. The van der Waals surface area contributed by atoms with Crippen LogP contribution in [0, 0.1) is 11.7 Å². The van der Waals surface area contributed by atoms with Crippen molar-refractivity contribution in [2.24, 2.45) is 5.92 Å². The Labute approximate surface area is 132 Å². The maximum absolute atomic E-state index is 13.5. The molecule has 1 amide bonds. The molecule has 2 saturated carbocycles. The lowest BCUT2D eigenvalue weighted by Crippen LogP contribution is -2.49. The van der Waals surface area contributed by atoms with Gasteiger partial charge in [0.15, 0.2) is 0 Å². The lowest BCUT2D eigenvalue weighted by Gasteiger charge is -2.40. The molecule has 2 nitrogen and oxygen atoms in total. The van der Waals surface area contributed by atoms with Gasteiger partial charge in [-0.15, -0.1) is 0 Å². The third kappa shape index (κ3) is 3.18. The standard InChI is InChI=1S/C19H26FNO/c20-17-10-3-9-16(14-17)19(11-5-12-19)18(22)21-13-4-8-15-6-1-2-7-15/h3,9-10,14-15H,1-2,4-8,11-13H2,(H,21,22). The molecule has 0 unspecified atom stereocenters. The first-order chi connectivity index (χ1) is 10.7. The number of halogens is 1. The van der Waals surface area contributed by atoms with Crippen molar-refractivity contribution in [2.45, 2.75) is 63.2 Å². The first kappa shape index (κ1) is 15.5. The predicted molar refractivity (Wildman–Crippen MR) is 86.1 cm³/mol. The number of benzene rings is 1. The zero-order valence-corrected chi connectivity index (χ0v) is 13.2. The van der Waals surface area contributed by atoms with Crippen molar-refractivity contribution in [2.75, 3.05) is 6.54 Å². The van der Waals surface area contributed by atoms with Crippen molar-refractivity contribution in [1.82, 2.24) is 5.32 Å². The maximum Gasteiger partial charge on any atom is 0.230 e. The molecule has 0 aliphatic heterocycles. The number of carbonyl (C=O) groups excluding carboxylic acids is 1. The van der Waals surface area contributed by atoms with E-state index in [-0.39, 0.29) is 11.7 Å². The van der Waals surface area contributed by atoms with Gasteiger partial charge in [-0.05, 0) is 49.3 Å². The van der Waals surface area contributed by atoms with Crippen LogP contribution in [-0.2, 0) is 10.2 Å². The molecule has 0 saturated heterocycles. The number of carbonyl (C=O) groups is 1. The van der Waals surface area contributed by atoms with Gasteiger partial charge >= 0.3 is 0 Å². The molecule has 0 aromatic heterocycles. The molecule has 22 heavy (non-hydrogen) atoms. The molecule has 0 spiro atoms. The second-order valence-electron chi connectivity index (χ2n) is 6.99. The number of amides is 1. The van der Waals surface area contributed by atoms with E-state index < -0.39 is 5.41 Å². The predicted octanol–water partition coefficient (Wildman–Crippen LogP) is 4.33. The third-order valence-corrected chi connectivity index (χ3v) is 5.57. The molecule has 120 valence electrons. The van der Waals surface area contributed by atoms with Gasteiger partial charge in [-0.25, -0.2) is 4.39 Å². The molecule has 2 aliphatic rings. The minimum atomic E-state index is -0.477. The molecule has 0 heterocycles.